The van der Waals surface area contributed by atoms with Crippen molar-refractivity contribution in [3.05, 3.63) is 34.9 Å². The van der Waals surface area contributed by atoms with Crippen LogP contribution in [-0.4, -0.2) is 27.7 Å². The van der Waals surface area contributed by atoms with Crippen molar-refractivity contribution >= 4 is 21.6 Å². The van der Waals surface area contributed by atoms with E-state index in [1.165, 1.54) is 0 Å². The Labute approximate surface area is 120 Å². The molecule has 108 valence electrons. The van der Waals surface area contributed by atoms with Crippen molar-refractivity contribution in [2.24, 2.45) is 0 Å². The largest absolute Gasteiger partial charge is 0.379 e. The Balaban J connectivity index is 2.38. The molecule has 0 amide bonds. The zero-order valence-corrected chi connectivity index (χ0v) is 12.8. The molecule has 0 aliphatic rings. The number of hydrogen-bond donors (Lipinski definition) is 1. The van der Waals surface area contributed by atoms with Crippen molar-refractivity contribution in [2.45, 2.75) is 32.1 Å². The van der Waals surface area contributed by atoms with Crippen LogP contribution in [0.1, 0.15) is 25.8 Å². The summed E-state index contributed by atoms with van der Waals surface area (Å²) in [5.41, 5.74) is 0.607. The van der Waals surface area contributed by atoms with Gasteiger partial charge in [0.2, 0.25) is 10.0 Å². The molecule has 0 spiro atoms. The lowest BCUT2D eigenvalue weighted by Gasteiger charge is -2.09. The first-order valence-corrected chi connectivity index (χ1v) is 8.26. The molecule has 0 bridgehead atoms. The van der Waals surface area contributed by atoms with E-state index < -0.39 is 10.0 Å². The molecule has 0 atom stereocenters. The van der Waals surface area contributed by atoms with Gasteiger partial charge in [0.15, 0.2) is 0 Å². The molecular weight excluding hydrogens is 286 g/mol. The van der Waals surface area contributed by atoms with Gasteiger partial charge in [-0.05, 0) is 31.9 Å². The standard InChI is InChI=1S/C13H20ClNO3S/c1-11(2)18-9-5-8-15-19(16,17)10-12-6-3-4-7-13(12)14/h3-4,6-7,11,15H,5,8-10H2,1-2H3. The quantitative estimate of drug-likeness (QED) is 0.751. The molecule has 0 heterocycles. The minimum Gasteiger partial charge on any atom is -0.379 e. The van der Waals surface area contributed by atoms with Crippen molar-refractivity contribution in [3.8, 4) is 0 Å². The van der Waals surface area contributed by atoms with Crippen molar-refractivity contribution in [1.82, 2.24) is 4.72 Å². The maximum absolute atomic E-state index is 11.8. The van der Waals surface area contributed by atoms with Crippen molar-refractivity contribution < 1.29 is 13.2 Å². The molecule has 19 heavy (non-hydrogen) atoms. The van der Waals surface area contributed by atoms with Crippen LogP contribution in [-0.2, 0) is 20.5 Å². The molecule has 0 aromatic heterocycles. The average molecular weight is 306 g/mol. The van der Waals surface area contributed by atoms with E-state index in [1.54, 1.807) is 24.3 Å². The van der Waals surface area contributed by atoms with Crippen LogP contribution in [0.3, 0.4) is 0 Å². The zero-order valence-electron chi connectivity index (χ0n) is 11.2. The highest BCUT2D eigenvalue weighted by molar-refractivity contribution is 7.88. The fraction of sp³-hybridized carbons (Fsp3) is 0.538. The summed E-state index contributed by atoms with van der Waals surface area (Å²) in [5, 5.41) is 0.469. The number of nitrogens with one attached hydrogen (secondary N) is 1. The third kappa shape index (κ3) is 6.92. The number of ether oxygens (including phenoxy) is 1. The van der Waals surface area contributed by atoms with E-state index >= 15 is 0 Å². The van der Waals surface area contributed by atoms with E-state index in [9.17, 15) is 8.42 Å². The molecule has 0 unspecified atom stereocenters. The van der Waals surface area contributed by atoms with Crippen LogP contribution in [0.4, 0.5) is 0 Å². The molecule has 0 aliphatic carbocycles. The molecule has 0 aliphatic heterocycles. The lowest BCUT2D eigenvalue weighted by atomic mass is 10.2. The predicted octanol–water partition coefficient (Wildman–Crippen LogP) is 2.57. The third-order valence-electron chi connectivity index (χ3n) is 2.40. The van der Waals surface area contributed by atoms with Gasteiger partial charge >= 0.3 is 0 Å². The SMILES string of the molecule is CC(C)OCCCNS(=O)(=O)Cc1ccccc1Cl. The third-order valence-corrected chi connectivity index (χ3v) is 4.10. The van der Waals surface area contributed by atoms with Crippen LogP contribution in [0.5, 0.6) is 0 Å². The summed E-state index contributed by atoms with van der Waals surface area (Å²) in [7, 11) is -3.35. The Hall–Kier alpha value is -0.620. The second kappa shape index (κ2) is 7.85. The minimum absolute atomic E-state index is 0.0995. The predicted molar refractivity (Wildman–Crippen MR) is 77.8 cm³/mol. The van der Waals surface area contributed by atoms with Crippen LogP contribution in [0, 0.1) is 0 Å². The first-order valence-electron chi connectivity index (χ1n) is 6.23. The Morgan fingerprint density at radius 2 is 2.00 bits per heavy atom. The maximum atomic E-state index is 11.8. The van der Waals surface area contributed by atoms with Gasteiger partial charge in [-0.15, -0.1) is 0 Å². The van der Waals surface area contributed by atoms with E-state index in [4.69, 9.17) is 16.3 Å². The Bertz CT molecular complexity index is 488. The molecular formula is C13H20ClNO3S. The van der Waals surface area contributed by atoms with Gasteiger partial charge in [-0.3, -0.25) is 0 Å². The minimum atomic E-state index is -3.35. The molecule has 0 radical (unpaired) electrons. The molecule has 0 fully saturated rings. The molecule has 1 aromatic rings. The van der Waals surface area contributed by atoms with Gasteiger partial charge in [-0.2, -0.15) is 0 Å². The molecule has 6 heteroatoms. The summed E-state index contributed by atoms with van der Waals surface area (Å²) in [6, 6.07) is 6.94. The summed E-state index contributed by atoms with van der Waals surface area (Å²) < 4.78 is 31.6. The summed E-state index contributed by atoms with van der Waals surface area (Å²) >= 11 is 5.94. The van der Waals surface area contributed by atoms with Crippen molar-refractivity contribution in [2.75, 3.05) is 13.2 Å². The second-order valence-corrected chi connectivity index (χ2v) is 6.73. The first-order chi connectivity index (χ1) is 8.91. The lowest BCUT2D eigenvalue weighted by molar-refractivity contribution is 0.0778. The van der Waals surface area contributed by atoms with Gasteiger partial charge in [0.1, 0.15) is 0 Å². The first kappa shape index (κ1) is 16.4. The van der Waals surface area contributed by atoms with Gasteiger partial charge in [0, 0.05) is 18.2 Å². The average Bonchev–Trinajstić information content (AvgIpc) is 2.31. The monoisotopic (exact) mass is 305 g/mol. The molecule has 1 N–H and O–H groups in total. The maximum Gasteiger partial charge on any atom is 0.215 e. The number of halogens is 1. The van der Waals surface area contributed by atoms with Gasteiger partial charge < -0.3 is 4.74 Å². The number of sulfonamides is 1. The summed E-state index contributed by atoms with van der Waals surface area (Å²) in [5.74, 6) is -0.0995. The van der Waals surface area contributed by atoms with Crippen LogP contribution in [0.15, 0.2) is 24.3 Å². The highest BCUT2D eigenvalue weighted by atomic mass is 35.5. The highest BCUT2D eigenvalue weighted by Gasteiger charge is 2.12. The normalized spacial score (nSPS) is 12.0. The van der Waals surface area contributed by atoms with E-state index in [2.05, 4.69) is 4.72 Å². The van der Waals surface area contributed by atoms with Crippen LogP contribution in [0.2, 0.25) is 5.02 Å². The fourth-order valence-electron chi connectivity index (χ4n) is 1.49. The van der Waals surface area contributed by atoms with Crippen LogP contribution < -0.4 is 4.72 Å². The van der Waals surface area contributed by atoms with Crippen LogP contribution >= 0.6 is 11.6 Å². The topological polar surface area (TPSA) is 55.4 Å². The Kier molecular flexibility index (Phi) is 6.79. The smallest absolute Gasteiger partial charge is 0.215 e. The van der Waals surface area contributed by atoms with Crippen LogP contribution in [0.25, 0.3) is 0 Å². The van der Waals surface area contributed by atoms with E-state index in [0.717, 1.165) is 0 Å². The molecule has 0 saturated carbocycles. The highest BCUT2D eigenvalue weighted by Crippen LogP contribution is 2.17. The second-order valence-electron chi connectivity index (χ2n) is 4.52. The summed E-state index contributed by atoms with van der Waals surface area (Å²) in [4.78, 5) is 0. The van der Waals surface area contributed by atoms with Gasteiger partial charge in [0.05, 0.1) is 11.9 Å². The van der Waals surface area contributed by atoms with Crippen molar-refractivity contribution in [1.29, 1.82) is 0 Å². The Morgan fingerprint density at radius 1 is 1.32 bits per heavy atom. The van der Waals surface area contributed by atoms with Crippen molar-refractivity contribution in [3.63, 3.8) is 0 Å². The van der Waals surface area contributed by atoms with E-state index in [0.29, 0.717) is 30.2 Å². The summed E-state index contributed by atoms with van der Waals surface area (Å²) in [6.07, 6.45) is 0.819. The molecule has 4 nitrogen and oxygen atoms in total. The number of rotatable bonds is 8. The lowest BCUT2D eigenvalue weighted by Crippen LogP contribution is -2.27. The Morgan fingerprint density at radius 3 is 2.63 bits per heavy atom. The number of benzene rings is 1. The van der Waals surface area contributed by atoms with Gasteiger partial charge in [-0.25, -0.2) is 13.1 Å². The zero-order chi connectivity index (χ0) is 14.3. The summed E-state index contributed by atoms with van der Waals surface area (Å²) in [6.45, 7) is 4.81. The molecule has 1 rings (SSSR count). The fourth-order valence-corrected chi connectivity index (χ4v) is 2.99. The van der Waals surface area contributed by atoms with E-state index in [1.807, 2.05) is 13.8 Å². The van der Waals surface area contributed by atoms with Gasteiger partial charge in [-0.1, -0.05) is 29.8 Å². The number of hydrogen-bond acceptors (Lipinski definition) is 3. The van der Waals surface area contributed by atoms with E-state index in [-0.39, 0.29) is 11.9 Å². The van der Waals surface area contributed by atoms with Gasteiger partial charge in [0.25, 0.3) is 0 Å². The molecule has 1 aromatic carbocycles. The molecule has 0 saturated heterocycles.